The highest BCUT2D eigenvalue weighted by Crippen LogP contribution is 2.27. The monoisotopic (exact) mass is 378 g/mol. The molecule has 3 aromatic rings. The van der Waals surface area contributed by atoms with Gasteiger partial charge in [-0.15, -0.1) is 0 Å². The van der Waals surface area contributed by atoms with Crippen molar-refractivity contribution < 1.29 is 4.79 Å². The van der Waals surface area contributed by atoms with E-state index in [1.807, 2.05) is 16.8 Å². The quantitative estimate of drug-likeness (QED) is 0.498. The molecule has 0 unspecified atom stereocenters. The molecule has 0 radical (unpaired) electrons. The largest absolute Gasteiger partial charge is 0.344 e. The third-order valence-electron chi connectivity index (χ3n) is 5.10. The van der Waals surface area contributed by atoms with Gasteiger partial charge < -0.3 is 14.0 Å². The van der Waals surface area contributed by atoms with E-state index >= 15 is 0 Å². The van der Waals surface area contributed by atoms with Gasteiger partial charge in [0.05, 0.1) is 6.33 Å². The maximum absolute atomic E-state index is 12.3. The first-order valence-electron chi connectivity index (χ1n) is 9.95. The third-order valence-corrected chi connectivity index (χ3v) is 5.10. The number of nitrogens with zero attached hydrogens (tertiary/aromatic N) is 4. The molecule has 0 amide bonds. The van der Waals surface area contributed by atoms with Crippen LogP contribution in [0.1, 0.15) is 30.5 Å². The van der Waals surface area contributed by atoms with Crippen LogP contribution in [0.5, 0.6) is 0 Å². The lowest BCUT2D eigenvalue weighted by Gasteiger charge is -2.12. The third kappa shape index (κ3) is 4.98. The average molecular weight is 379 g/mol. The number of allylic oxidation sites excluding steroid dienone is 1. The lowest BCUT2D eigenvalue weighted by atomic mass is 10.1. The van der Waals surface area contributed by atoms with E-state index < -0.39 is 0 Å². The van der Waals surface area contributed by atoms with Crippen LogP contribution in [0.25, 0.3) is 17.0 Å². The summed E-state index contributed by atoms with van der Waals surface area (Å²) in [5.74, 6) is 0.170. The van der Waals surface area contributed by atoms with Gasteiger partial charge in [-0.25, -0.2) is 4.98 Å². The van der Waals surface area contributed by atoms with Gasteiger partial charge in [-0.3, -0.25) is 4.79 Å². The second-order valence-electron chi connectivity index (χ2n) is 7.53. The van der Waals surface area contributed by atoms with Crippen LogP contribution in [0.2, 0.25) is 0 Å². The molecule has 0 atom stereocenters. The van der Waals surface area contributed by atoms with Crippen LogP contribution in [0.4, 0.5) is 0 Å². The number of aryl methyl sites for hydroxylation is 2. The number of ketones is 1. The first kappa shape index (κ1) is 20.1. The summed E-state index contributed by atoms with van der Waals surface area (Å²) in [4.78, 5) is 18.6. The highest BCUT2D eigenvalue weighted by Gasteiger charge is 2.12. The van der Waals surface area contributed by atoms with Crippen LogP contribution < -0.4 is 0 Å². The maximum Gasteiger partial charge on any atom is 0.155 e. The molecule has 5 nitrogen and oxygen atoms in total. The summed E-state index contributed by atoms with van der Waals surface area (Å²) in [5, 5.41) is 1.22. The molecule has 3 rings (SSSR count). The van der Waals surface area contributed by atoms with Gasteiger partial charge in [-0.2, -0.15) is 0 Å². The number of fused-ring (bicyclic) bond motifs is 1. The van der Waals surface area contributed by atoms with Gasteiger partial charge in [0.2, 0.25) is 0 Å². The molecule has 2 heterocycles. The molecule has 148 valence electrons. The predicted molar refractivity (Wildman–Crippen MR) is 115 cm³/mol. The second kappa shape index (κ2) is 9.51. The Hall–Kier alpha value is -2.66. The SMILES string of the molecule is Cc1c(/C=C/C(=O)CCCn2ccnc2)c2ccccc2n1CCCN(C)C. The molecule has 5 heteroatoms. The molecule has 1 aromatic carbocycles. The van der Waals surface area contributed by atoms with E-state index in [2.05, 4.69) is 59.7 Å². The minimum atomic E-state index is 0.170. The van der Waals surface area contributed by atoms with Crippen molar-refractivity contribution in [3.63, 3.8) is 0 Å². The molecule has 0 saturated heterocycles. The molecular weight excluding hydrogens is 348 g/mol. The zero-order chi connectivity index (χ0) is 19.9. The molecule has 0 aliphatic rings. The standard InChI is InChI=1S/C23H30N4O/c1-19-21(12-11-20(28)8-6-15-26-17-13-24-18-26)22-9-4-5-10-23(22)27(19)16-7-14-25(2)3/h4-5,9-13,17-18H,6-8,14-16H2,1-3H3/b12-11+. The summed E-state index contributed by atoms with van der Waals surface area (Å²) >= 11 is 0. The van der Waals surface area contributed by atoms with Gasteiger partial charge in [-0.1, -0.05) is 18.2 Å². The first-order valence-corrected chi connectivity index (χ1v) is 9.95. The number of hydrogen-bond acceptors (Lipinski definition) is 3. The Morgan fingerprint density at radius 3 is 2.75 bits per heavy atom. The topological polar surface area (TPSA) is 43.1 Å². The molecule has 0 saturated carbocycles. The number of aromatic nitrogens is 3. The summed E-state index contributed by atoms with van der Waals surface area (Å²) in [6.45, 7) is 5.02. The Morgan fingerprint density at radius 1 is 1.18 bits per heavy atom. The number of hydrogen-bond donors (Lipinski definition) is 0. The Kier molecular flexibility index (Phi) is 6.82. The number of carbonyl (C=O) groups is 1. The number of benzene rings is 1. The number of carbonyl (C=O) groups excluding carboxylic acids is 1. The second-order valence-corrected chi connectivity index (χ2v) is 7.53. The number of imidazole rings is 1. The fourth-order valence-electron chi connectivity index (χ4n) is 3.62. The van der Waals surface area contributed by atoms with Crippen LogP contribution in [-0.2, 0) is 17.9 Å². The predicted octanol–water partition coefficient (Wildman–Crippen LogP) is 4.16. The van der Waals surface area contributed by atoms with E-state index in [9.17, 15) is 4.79 Å². The minimum Gasteiger partial charge on any atom is -0.344 e. The normalized spacial score (nSPS) is 11.9. The summed E-state index contributed by atoms with van der Waals surface area (Å²) in [7, 11) is 4.21. The fourth-order valence-corrected chi connectivity index (χ4v) is 3.62. The summed E-state index contributed by atoms with van der Waals surface area (Å²) in [5.41, 5.74) is 3.62. The van der Waals surface area contributed by atoms with Gasteiger partial charge in [0.15, 0.2) is 5.78 Å². The molecule has 2 aromatic heterocycles. The smallest absolute Gasteiger partial charge is 0.155 e. The Morgan fingerprint density at radius 2 is 2.00 bits per heavy atom. The van der Waals surface area contributed by atoms with Crippen LogP contribution in [-0.4, -0.2) is 45.4 Å². The van der Waals surface area contributed by atoms with Crippen molar-refractivity contribution in [3.05, 3.63) is 60.3 Å². The van der Waals surface area contributed by atoms with Gasteiger partial charge in [0, 0.05) is 54.1 Å². The average Bonchev–Trinajstić information content (AvgIpc) is 3.27. The summed E-state index contributed by atoms with van der Waals surface area (Å²) < 4.78 is 4.38. The van der Waals surface area contributed by atoms with Gasteiger partial charge in [-0.05, 0) is 58.6 Å². The van der Waals surface area contributed by atoms with Crippen LogP contribution in [0.15, 0.2) is 49.1 Å². The highest BCUT2D eigenvalue weighted by molar-refractivity contribution is 5.98. The Bertz CT molecular complexity index is 935. The van der Waals surface area contributed by atoms with E-state index in [0.717, 1.165) is 38.0 Å². The van der Waals surface area contributed by atoms with Crippen molar-refractivity contribution in [1.29, 1.82) is 0 Å². The maximum atomic E-state index is 12.3. The van der Waals surface area contributed by atoms with E-state index in [1.165, 1.54) is 16.6 Å². The van der Waals surface area contributed by atoms with E-state index in [-0.39, 0.29) is 5.78 Å². The van der Waals surface area contributed by atoms with Crippen molar-refractivity contribution >= 4 is 22.8 Å². The molecule has 0 aliphatic heterocycles. The molecule has 0 spiro atoms. The van der Waals surface area contributed by atoms with Crippen LogP contribution in [0.3, 0.4) is 0 Å². The number of para-hydroxylation sites is 1. The zero-order valence-electron chi connectivity index (χ0n) is 17.1. The lowest BCUT2D eigenvalue weighted by Crippen LogP contribution is -2.15. The fraction of sp³-hybridized carbons (Fsp3) is 0.391. The van der Waals surface area contributed by atoms with Crippen molar-refractivity contribution in [3.8, 4) is 0 Å². The molecule has 0 aliphatic carbocycles. The van der Waals surface area contributed by atoms with Crippen LogP contribution >= 0.6 is 0 Å². The Labute approximate surface area is 167 Å². The molecular formula is C23H30N4O. The molecule has 0 N–H and O–H groups in total. The van der Waals surface area contributed by atoms with E-state index in [1.54, 1.807) is 18.6 Å². The summed E-state index contributed by atoms with van der Waals surface area (Å²) in [6, 6.07) is 8.46. The number of rotatable bonds is 10. The van der Waals surface area contributed by atoms with Gasteiger partial charge in [0.25, 0.3) is 0 Å². The minimum absolute atomic E-state index is 0.170. The summed E-state index contributed by atoms with van der Waals surface area (Å²) in [6.07, 6.45) is 11.7. The van der Waals surface area contributed by atoms with Crippen molar-refractivity contribution in [2.45, 2.75) is 39.3 Å². The zero-order valence-corrected chi connectivity index (χ0v) is 17.1. The molecule has 0 fully saturated rings. The van der Waals surface area contributed by atoms with Crippen molar-refractivity contribution in [2.75, 3.05) is 20.6 Å². The highest BCUT2D eigenvalue weighted by atomic mass is 16.1. The van der Waals surface area contributed by atoms with Crippen molar-refractivity contribution in [1.82, 2.24) is 19.0 Å². The van der Waals surface area contributed by atoms with E-state index in [4.69, 9.17) is 0 Å². The first-order chi connectivity index (χ1) is 13.6. The molecule has 28 heavy (non-hydrogen) atoms. The van der Waals surface area contributed by atoms with E-state index in [0.29, 0.717) is 6.42 Å². The molecule has 0 bridgehead atoms. The Balaban J connectivity index is 1.70. The van der Waals surface area contributed by atoms with Crippen LogP contribution in [0, 0.1) is 6.92 Å². The van der Waals surface area contributed by atoms with Crippen molar-refractivity contribution in [2.24, 2.45) is 0 Å². The van der Waals surface area contributed by atoms with Gasteiger partial charge >= 0.3 is 0 Å². The van der Waals surface area contributed by atoms with Gasteiger partial charge in [0.1, 0.15) is 0 Å². The lowest BCUT2D eigenvalue weighted by molar-refractivity contribution is -0.114.